The van der Waals surface area contributed by atoms with E-state index in [1.807, 2.05) is 7.05 Å². The van der Waals surface area contributed by atoms with Gasteiger partial charge in [0, 0.05) is 24.7 Å². The van der Waals surface area contributed by atoms with Gasteiger partial charge in [-0.05, 0) is 26.2 Å². The molecule has 0 bridgehead atoms. The van der Waals surface area contributed by atoms with Gasteiger partial charge in [-0.15, -0.1) is 0 Å². The lowest BCUT2D eigenvalue weighted by molar-refractivity contribution is -0.112. The van der Waals surface area contributed by atoms with Crippen molar-refractivity contribution in [2.24, 2.45) is 11.8 Å². The Hall–Kier alpha value is -0.790. The molecular weight excluding hydrogens is 174 g/mol. The third-order valence-corrected chi connectivity index (χ3v) is 2.78. The highest BCUT2D eigenvalue weighted by molar-refractivity contribution is 5.54. The molecule has 0 aromatic rings. The Bertz CT molecular complexity index is 196. The molecule has 0 aliphatic rings. The summed E-state index contributed by atoms with van der Waals surface area (Å²) in [5, 5.41) is 0. The first-order valence-corrected chi connectivity index (χ1v) is 5.26. The minimum atomic E-state index is 0.101. The van der Waals surface area contributed by atoms with Crippen molar-refractivity contribution < 1.29 is 4.79 Å². The Morgan fingerprint density at radius 2 is 1.86 bits per heavy atom. The Labute approximate surface area is 88.0 Å². The number of aldehydes is 1. The summed E-state index contributed by atoms with van der Waals surface area (Å²) in [5.74, 6) is 0.494. The first-order chi connectivity index (χ1) is 6.40. The molecule has 2 nitrogen and oxygen atoms in total. The maximum absolute atomic E-state index is 10.8. The number of rotatable bonds is 6. The fraction of sp³-hybridized carbons (Fsp3) is 0.750. The summed E-state index contributed by atoms with van der Waals surface area (Å²) in [6, 6.07) is 0.446. The summed E-state index contributed by atoms with van der Waals surface area (Å²) in [5.41, 5.74) is 1.05. The maximum atomic E-state index is 10.8. The Balaban J connectivity index is 4.22. The van der Waals surface area contributed by atoms with Crippen molar-refractivity contribution in [3.8, 4) is 0 Å². The SMILES string of the molecule is C=C(CC(C=O)C(C)C)N(C)C(C)C. The fourth-order valence-corrected chi connectivity index (χ4v) is 1.22. The molecule has 0 aliphatic heterocycles. The highest BCUT2D eigenvalue weighted by Crippen LogP contribution is 2.19. The molecule has 0 saturated heterocycles. The lowest BCUT2D eigenvalue weighted by atomic mass is 9.92. The summed E-state index contributed by atoms with van der Waals surface area (Å²) in [7, 11) is 2.02. The van der Waals surface area contributed by atoms with Crippen LogP contribution >= 0.6 is 0 Å². The van der Waals surface area contributed by atoms with E-state index in [-0.39, 0.29) is 5.92 Å². The molecule has 2 heteroatoms. The van der Waals surface area contributed by atoms with Gasteiger partial charge in [0.05, 0.1) is 0 Å². The van der Waals surface area contributed by atoms with E-state index in [1.54, 1.807) is 0 Å². The summed E-state index contributed by atoms with van der Waals surface area (Å²) < 4.78 is 0. The van der Waals surface area contributed by atoms with E-state index < -0.39 is 0 Å². The zero-order chi connectivity index (χ0) is 11.3. The molecular formula is C12H23NO. The second kappa shape index (κ2) is 5.84. The van der Waals surface area contributed by atoms with Crippen LogP contribution in [0.2, 0.25) is 0 Å². The van der Waals surface area contributed by atoms with Crippen molar-refractivity contribution in [3.63, 3.8) is 0 Å². The van der Waals surface area contributed by atoms with Gasteiger partial charge in [0.2, 0.25) is 0 Å². The molecule has 0 aromatic heterocycles. The summed E-state index contributed by atoms with van der Waals surface area (Å²) in [6.07, 6.45) is 1.82. The summed E-state index contributed by atoms with van der Waals surface area (Å²) in [6.45, 7) is 12.4. The molecule has 1 unspecified atom stereocenters. The van der Waals surface area contributed by atoms with Crippen LogP contribution < -0.4 is 0 Å². The van der Waals surface area contributed by atoms with Crippen LogP contribution in [-0.4, -0.2) is 24.3 Å². The van der Waals surface area contributed by atoms with Crippen molar-refractivity contribution in [1.29, 1.82) is 0 Å². The van der Waals surface area contributed by atoms with Gasteiger partial charge in [-0.3, -0.25) is 0 Å². The molecule has 0 radical (unpaired) electrons. The van der Waals surface area contributed by atoms with Crippen molar-refractivity contribution in [3.05, 3.63) is 12.3 Å². The molecule has 0 N–H and O–H groups in total. The molecule has 0 aromatic carbocycles. The average Bonchev–Trinajstić information content (AvgIpc) is 2.11. The third kappa shape index (κ3) is 3.95. The number of carbonyl (C=O) groups excluding carboxylic acids is 1. The average molecular weight is 197 g/mol. The van der Waals surface area contributed by atoms with Gasteiger partial charge in [-0.2, -0.15) is 0 Å². The van der Waals surface area contributed by atoms with Crippen LogP contribution in [-0.2, 0) is 4.79 Å². The number of carbonyl (C=O) groups is 1. The van der Waals surface area contributed by atoms with Gasteiger partial charge in [-0.1, -0.05) is 20.4 Å². The van der Waals surface area contributed by atoms with Crippen LogP contribution in [0.3, 0.4) is 0 Å². The van der Waals surface area contributed by atoms with E-state index in [1.165, 1.54) is 0 Å². The van der Waals surface area contributed by atoms with Crippen molar-refractivity contribution in [1.82, 2.24) is 4.90 Å². The zero-order valence-corrected chi connectivity index (χ0v) is 10.1. The predicted molar refractivity (Wildman–Crippen MR) is 61.0 cm³/mol. The first kappa shape index (κ1) is 13.2. The van der Waals surface area contributed by atoms with Gasteiger partial charge < -0.3 is 9.69 Å². The van der Waals surface area contributed by atoms with E-state index >= 15 is 0 Å². The predicted octanol–water partition coefficient (Wildman–Crippen LogP) is 2.70. The minimum absolute atomic E-state index is 0.101. The van der Waals surface area contributed by atoms with Crippen LogP contribution in [0.15, 0.2) is 12.3 Å². The molecule has 0 amide bonds. The van der Waals surface area contributed by atoms with Crippen molar-refractivity contribution >= 4 is 6.29 Å². The van der Waals surface area contributed by atoms with Gasteiger partial charge in [0.15, 0.2) is 0 Å². The van der Waals surface area contributed by atoms with Gasteiger partial charge in [-0.25, -0.2) is 0 Å². The second-order valence-corrected chi connectivity index (χ2v) is 4.52. The highest BCUT2D eigenvalue weighted by atomic mass is 16.1. The number of nitrogens with zero attached hydrogens (tertiary/aromatic N) is 1. The van der Waals surface area contributed by atoms with Gasteiger partial charge in [0.1, 0.15) is 6.29 Å². The van der Waals surface area contributed by atoms with Gasteiger partial charge in [0.25, 0.3) is 0 Å². The van der Waals surface area contributed by atoms with Crippen molar-refractivity contribution in [2.45, 2.75) is 40.2 Å². The molecule has 0 heterocycles. The number of hydrogen-bond donors (Lipinski definition) is 0. The summed E-state index contributed by atoms with van der Waals surface area (Å²) >= 11 is 0. The largest absolute Gasteiger partial charge is 0.376 e. The van der Waals surface area contributed by atoms with E-state index in [0.29, 0.717) is 12.0 Å². The highest BCUT2D eigenvalue weighted by Gasteiger charge is 2.16. The molecule has 0 saturated carbocycles. The number of hydrogen-bond acceptors (Lipinski definition) is 2. The van der Waals surface area contributed by atoms with Crippen LogP contribution in [0.1, 0.15) is 34.1 Å². The Morgan fingerprint density at radius 3 is 2.14 bits per heavy atom. The smallest absolute Gasteiger partial charge is 0.123 e. The second-order valence-electron chi connectivity index (χ2n) is 4.52. The molecule has 82 valence electrons. The lowest BCUT2D eigenvalue weighted by Crippen LogP contribution is -2.27. The fourth-order valence-electron chi connectivity index (χ4n) is 1.22. The van der Waals surface area contributed by atoms with Crippen LogP contribution in [0.25, 0.3) is 0 Å². The van der Waals surface area contributed by atoms with E-state index in [2.05, 4.69) is 39.2 Å². The molecule has 1 atom stereocenters. The normalized spacial score (nSPS) is 13.1. The van der Waals surface area contributed by atoms with Gasteiger partial charge >= 0.3 is 0 Å². The maximum Gasteiger partial charge on any atom is 0.123 e. The molecule has 0 rings (SSSR count). The molecule has 0 fully saturated rings. The third-order valence-electron chi connectivity index (χ3n) is 2.78. The standard InChI is InChI=1S/C12H23NO/c1-9(2)12(8-14)7-11(5)13(6)10(3)4/h8-10,12H,5,7H2,1-4,6H3. The topological polar surface area (TPSA) is 20.3 Å². The zero-order valence-electron chi connectivity index (χ0n) is 10.1. The molecule has 0 spiro atoms. The quantitative estimate of drug-likeness (QED) is 0.610. The minimum Gasteiger partial charge on any atom is -0.376 e. The number of allylic oxidation sites excluding steroid dienone is 1. The lowest BCUT2D eigenvalue weighted by Gasteiger charge is -2.28. The van der Waals surface area contributed by atoms with E-state index in [4.69, 9.17) is 0 Å². The summed E-state index contributed by atoms with van der Waals surface area (Å²) in [4.78, 5) is 12.9. The van der Waals surface area contributed by atoms with Crippen molar-refractivity contribution in [2.75, 3.05) is 7.05 Å². The molecule has 0 aliphatic carbocycles. The molecule has 14 heavy (non-hydrogen) atoms. The monoisotopic (exact) mass is 197 g/mol. The van der Waals surface area contributed by atoms with Crippen LogP contribution in [0.4, 0.5) is 0 Å². The Kier molecular flexibility index (Phi) is 5.51. The van der Waals surface area contributed by atoms with Crippen LogP contribution in [0.5, 0.6) is 0 Å². The Morgan fingerprint density at radius 1 is 1.36 bits per heavy atom. The van der Waals surface area contributed by atoms with Crippen LogP contribution in [0, 0.1) is 11.8 Å². The first-order valence-electron chi connectivity index (χ1n) is 5.26. The van der Waals surface area contributed by atoms with E-state index in [9.17, 15) is 4.79 Å². The van der Waals surface area contributed by atoms with E-state index in [0.717, 1.165) is 18.4 Å².